The van der Waals surface area contributed by atoms with Crippen LogP contribution in [0.3, 0.4) is 0 Å². The van der Waals surface area contributed by atoms with Crippen molar-refractivity contribution in [2.24, 2.45) is 0 Å². The van der Waals surface area contributed by atoms with E-state index in [1.807, 2.05) is 6.07 Å². The summed E-state index contributed by atoms with van der Waals surface area (Å²) in [7, 11) is 0. The van der Waals surface area contributed by atoms with Gasteiger partial charge >= 0.3 is 0 Å². The lowest BCUT2D eigenvalue weighted by Gasteiger charge is -2.17. The second kappa shape index (κ2) is 4.88. The number of rotatable bonds is 2. The fourth-order valence-electron chi connectivity index (χ4n) is 3.47. The van der Waals surface area contributed by atoms with E-state index in [1.54, 1.807) is 0 Å². The van der Waals surface area contributed by atoms with Gasteiger partial charge in [-0.15, -0.1) is 0 Å². The molecule has 0 atom stereocenters. The predicted octanol–water partition coefficient (Wildman–Crippen LogP) is 3.66. The van der Waals surface area contributed by atoms with Crippen LogP contribution in [0.2, 0.25) is 0 Å². The fourth-order valence-corrected chi connectivity index (χ4v) is 3.47. The lowest BCUT2D eigenvalue weighted by Crippen LogP contribution is -2.17. The Morgan fingerprint density at radius 3 is 2.52 bits per heavy atom. The SMILES string of the molecule is N=c1c2c(n(Cc3ccccc3)c3ccccc13)CCC2. The Morgan fingerprint density at radius 2 is 1.67 bits per heavy atom. The Morgan fingerprint density at radius 1 is 0.905 bits per heavy atom. The molecule has 2 nitrogen and oxygen atoms in total. The van der Waals surface area contributed by atoms with Crippen molar-refractivity contribution < 1.29 is 0 Å². The molecule has 104 valence electrons. The maximum Gasteiger partial charge on any atom is 0.0682 e. The van der Waals surface area contributed by atoms with Crippen LogP contribution in [-0.2, 0) is 19.4 Å². The Kier molecular flexibility index (Phi) is 2.88. The van der Waals surface area contributed by atoms with Gasteiger partial charge in [-0.2, -0.15) is 0 Å². The fraction of sp³-hybridized carbons (Fsp3) is 0.211. The number of pyridine rings is 1. The van der Waals surface area contributed by atoms with E-state index in [2.05, 4.69) is 53.1 Å². The van der Waals surface area contributed by atoms with Crippen LogP contribution in [0.4, 0.5) is 0 Å². The van der Waals surface area contributed by atoms with Crippen LogP contribution in [0.5, 0.6) is 0 Å². The van der Waals surface area contributed by atoms with Gasteiger partial charge in [-0.25, -0.2) is 0 Å². The average molecular weight is 274 g/mol. The molecule has 0 bridgehead atoms. The van der Waals surface area contributed by atoms with Gasteiger partial charge in [-0.3, -0.25) is 5.41 Å². The van der Waals surface area contributed by atoms with Crippen molar-refractivity contribution in [2.75, 3.05) is 0 Å². The first kappa shape index (κ1) is 12.4. The smallest absolute Gasteiger partial charge is 0.0682 e. The van der Waals surface area contributed by atoms with Crippen molar-refractivity contribution in [3.63, 3.8) is 0 Å². The minimum atomic E-state index is 0.738. The maximum absolute atomic E-state index is 8.48. The second-order valence-corrected chi connectivity index (χ2v) is 5.74. The van der Waals surface area contributed by atoms with Gasteiger partial charge in [0.2, 0.25) is 0 Å². The van der Waals surface area contributed by atoms with E-state index >= 15 is 0 Å². The molecule has 0 spiro atoms. The monoisotopic (exact) mass is 274 g/mol. The van der Waals surface area contributed by atoms with Gasteiger partial charge < -0.3 is 4.57 Å². The first-order valence-corrected chi connectivity index (χ1v) is 7.56. The summed E-state index contributed by atoms with van der Waals surface area (Å²) in [6, 6.07) is 18.9. The van der Waals surface area contributed by atoms with Gasteiger partial charge in [0.05, 0.1) is 10.9 Å². The molecule has 0 saturated carbocycles. The normalized spacial score (nSPS) is 13.5. The molecule has 4 rings (SSSR count). The number of hydrogen-bond acceptors (Lipinski definition) is 1. The Balaban J connectivity index is 1.99. The van der Waals surface area contributed by atoms with Crippen molar-refractivity contribution in [2.45, 2.75) is 25.8 Å². The van der Waals surface area contributed by atoms with E-state index in [4.69, 9.17) is 5.41 Å². The van der Waals surface area contributed by atoms with Crippen molar-refractivity contribution in [3.8, 4) is 0 Å². The lowest BCUT2D eigenvalue weighted by molar-refractivity contribution is 0.760. The molecule has 0 saturated heterocycles. The standard InChI is InChI=1S/C19H18N2/c20-19-15-9-4-5-11-17(15)21(18-12-6-10-16(18)19)13-14-7-2-1-3-8-14/h1-5,7-9,11,20H,6,10,12-13H2. The topological polar surface area (TPSA) is 28.8 Å². The van der Waals surface area contributed by atoms with Crippen LogP contribution < -0.4 is 5.36 Å². The molecule has 21 heavy (non-hydrogen) atoms. The Bertz CT molecular complexity index is 860. The molecule has 0 fully saturated rings. The number of para-hydroxylation sites is 1. The third kappa shape index (κ3) is 1.99. The molecule has 3 aromatic rings. The van der Waals surface area contributed by atoms with Crippen molar-refractivity contribution in [1.82, 2.24) is 4.57 Å². The molecule has 1 aliphatic carbocycles. The molecule has 0 aliphatic heterocycles. The van der Waals surface area contributed by atoms with E-state index < -0.39 is 0 Å². The highest BCUT2D eigenvalue weighted by atomic mass is 15.0. The van der Waals surface area contributed by atoms with E-state index in [-0.39, 0.29) is 0 Å². The molecule has 0 unspecified atom stereocenters. The first-order valence-electron chi connectivity index (χ1n) is 7.56. The molecular weight excluding hydrogens is 256 g/mol. The van der Waals surface area contributed by atoms with Crippen molar-refractivity contribution >= 4 is 10.9 Å². The van der Waals surface area contributed by atoms with E-state index in [9.17, 15) is 0 Å². The van der Waals surface area contributed by atoms with Crippen LogP contribution in [0.1, 0.15) is 23.2 Å². The van der Waals surface area contributed by atoms with E-state index in [0.29, 0.717) is 0 Å². The molecule has 2 heteroatoms. The lowest BCUT2D eigenvalue weighted by atomic mass is 10.1. The third-order valence-electron chi connectivity index (χ3n) is 4.46. The minimum Gasteiger partial charge on any atom is -0.340 e. The van der Waals surface area contributed by atoms with Crippen molar-refractivity contribution in [3.05, 3.63) is 76.8 Å². The Labute approximate surface area is 124 Å². The number of fused-ring (bicyclic) bond motifs is 2. The van der Waals surface area contributed by atoms with E-state index in [0.717, 1.165) is 30.1 Å². The van der Waals surface area contributed by atoms with Crippen LogP contribution >= 0.6 is 0 Å². The van der Waals surface area contributed by atoms with Gasteiger partial charge in [0.1, 0.15) is 0 Å². The zero-order valence-corrected chi connectivity index (χ0v) is 12.0. The van der Waals surface area contributed by atoms with E-state index in [1.165, 1.54) is 28.8 Å². The van der Waals surface area contributed by atoms with Crippen LogP contribution in [0, 0.1) is 5.41 Å². The summed E-state index contributed by atoms with van der Waals surface area (Å²) >= 11 is 0. The molecule has 1 N–H and O–H groups in total. The van der Waals surface area contributed by atoms with Gasteiger partial charge in [0, 0.05) is 17.6 Å². The minimum absolute atomic E-state index is 0.738. The summed E-state index contributed by atoms with van der Waals surface area (Å²) in [5.41, 5.74) is 5.12. The maximum atomic E-state index is 8.48. The molecule has 1 aliphatic rings. The third-order valence-corrected chi connectivity index (χ3v) is 4.46. The zero-order valence-electron chi connectivity index (χ0n) is 12.0. The summed E-state index contributed by atoms with van der Waals surface area (Å²) in [4.78, 5) is 0. The summed E-state index contributed by atoms with van der Waals surface area (Å²) in [5.74, 6) is 0. The number of hydrogen-bond donors (Lipinski definition) is 1. The molecular formula is C19H18N2. The average Bonchev–Trinajstić information content (AvgIpc) is 3.02. The summed E-state index contributed by atoms with van der Waals surface area (Å²) in [6.45, 7) is 0.893. The van der Waals surface area contributed by atoms with Crippen LogP contribution in [0.15, 0.2) is 54.6 Å². The van der Waals surface area contributed by atoms with Crippen molar-refractivity contribution in [1.29, 1.82) is 5.41 Å². The molecule has 2 aromatic carbocycles. The predicted molar refractivity (Wildman–Crippen MR) is 85.4 cm³/mol. The molecule has 0 radical (unpaired) electrons. The van der Waals surface area contributed by atoms with Gasteiger partial charge in [0.25, 0.3) is 0 Å². The zero-order chi connectivity index (χ0) is 14.2. The second-order valence-electron chi connectivity index (χ2n) is 5.74. The highest BCUT2D eigenvalue weighted by Crippen LogP contribution is 2.24. The summed E-state index contributed by atoms with van der Waals surface area (Å²) < 4.78 is 2.42. The Hall–Kier alpha value is -2.35. The summed E-state index contributed by atoms with van der Waals surface area (Å²) in [6.07, 6.45) is 3.32. The quantitative estimate of drug-likeness (QED) is 0.739. The van der Waals surface area contributed by atoms with Gasteiger partial charge in [-0.05, 0) is 36.5 Å². The van der Waals surface area contributed by atoms with Gasteiger partial charge in [-0.1, -0.05) is 48.5 Å². The highest BCUT2D eigenvalue weighted by molar-refractivity contribution is 5.80. The molecule has 1 aromatic heterocycles. The summed E-state index contributed by atoms with van der Waals surface area (Å²) in [5, 5.41) is 10.3. The number of aromatic nitrogens is 1. The first-order chi connectivity index (χ1) is 10.3. The van der Waals surface area contributed by atoms with Gasteiger partial charge in [0.15, 0.2) is 0 Å². The molecule has 0 amide bonds. The van der Waals surface area contributed by atoms with Crippen LogP contribution in [0.25, 0.3) is 10.9 Å². The highest BCUT2D eigenvalue weighted by Gasteiger charge is 2.19. The number of nitrogens with one attached hydrogen (secondary N) is 1. The molecule has 1 heterocycles. The van der Waals surface area contributed by atoms with Crippen LogP contribution in [-0.4, -0.2) is 4.57 Å². The number of nitrogens with zero attached hydrogens (tertiary/aromatic N) is 1. The largest absolute Gasteiger partial charge is 0.340 e. The number of benzene rings is 2.